The lowest BCUT2D eigenvalue weighted by molar-refractivity contribution is -0.150. The fourth-order valence-electron chi connectivity index (χ4n) is 4.07. The fourth-order valence-corrected chi connectivity index (χ4v) is 4.07. The molecule has 1 saturated heterocycles. The van der Waals surface area contributed by atoms with Gasteiger partial charge in [0.1, 0.15) is 11.9 Å². The smallest absolute Gasteiger partial charge is 0.376 e. The average molecular weight is 467 g/mol. The number of ether oxygens (including phenoxy) is 2. The standard InChI is InChI=1S/C22H28F3N5O3/c1-11(33-14-5-6-14)19(26)20-27-15-7-2-12(8-16(15)28-20)17(10-32-13-3-4-13)30-9-18(22(23,24)25)29-21(30)31/h2,7-8,11,13-14,17-19H,3-6,9-10,26H2,1H3,(H,27,28)(H,29,31)/t11-,17-,18+,19+/m1/s1. The number of nitrogens with two attached hydrogens (primary N) is 1. The normalized spacial score (nSPS) is 24.2. The third-order valence-electron chi connectivity index (χ3n) is 6.39. The first-order chi connectivity index (χ1) is 15.7. The van der Waals surface area contributed by atoms with Gasteiger partial charge in [-0.2, -0.15) is 13.2 Å². The van der Waals surface area contributed by atoms with Gasteiger partial charge in [0.25, 0.3) is 0 Å². The van der Waals surface area contributed by atoms with E-state index >= 15 is 0 Å². The van der Waals surface area contributed by atoms with E-state index in [-0.39, 0.29) is 24.9 Å². The highest BCUT2D eigenvalue weighted by molar-refractivity contribution is 5.79. The van der Waals surface area contributed by atoms with Gasteiger partial charge in [0.2, 0.25) is 0 Å². The molecule has 0 unspecified atom stereocenters. The van der Waals surface area contributed by atoms with Gasteiger partial charge in [-0.1, -0.05) is 6.07 Å². The van der Waals surface area contributed by atoms with Crippen LogP contribution in [0.15, 0.2) is 18.2 Å². The van der Waals surface area contributed by atoms with E-state index in [2.05, 4.69) is 9.97 Å². The number of hydrogen-bond donors (Lipinski definition) is 3. The Morgan fingerprint density at radius 2 is 1.97 bits per heavy atom. The molecule has 2 aromatic rings. The van der Waals surface area contributed by atoms with Crippen molar-refractivity contribution in [3.8, 4) is 0 Å². The Bertz CT molecular complexity index is 1020. The molecule has 33 heavy (non-hydrogen) atoms. The molecule has 4 N–H and O–H groups in total. The number of imidazole rings is 1. The minimum atomic E-state index is -4.51. The molecular weight excluding hydrogens is 439 g/mol. The summed E-state index contributed by atoms with van der Waals surface area (Å²) in [4.78, 5) is 21.4. The highest BCUT2D eigenvalue weighted by Crippen LogP contribution is 2.34. The zero-order chi connectivity index (χ0) is 23.3. The summed E-state index contributed by atoms with van der Waals surface area (Å²) in [5.74, 6) is 0.581. The van der Waals surface area contributed by atoms with Crippen molar-refractivity contribution < 1.29 is 27.4 Å². The Balaban J connectivity index is 1.39. The van der Waals surface area contributed by atoms with E-state index in [9.17, 15) is 18.0 Å². The number of aromatic amines is 1. The van der Waals surface area contributed by atoms with Crippen LogP contribution < -0.4 is 11.1 Å². The first-order valence-electron chi connectivity index (χ1n) is 11.3. The van der Waals surface area contributed by atoms with Gasteiger partial charge in [-0.05, 0) is 50.3 Å². The third-order valence-corrected chi connectivity index (χ3v) is 6.39. The van der Waals surface area contributed by atoms with E-state index < -0.39 is 36.9 Å². The number of halogens is 3. The number of alkyl halides is 3. The summed E-state index contributed by atoms with van der Waals surface area (Å²) in [5.41, 5.74) is 8.38. The van der Waals surface area contributed by atoms with Crippen molar-refractivity contribution in [2.75, 3.05) is 13.2 Å². The van der Waals surface area contributed by atoms with Crippen molar-refractivity contribution in [1.82, 2.24) is 20.2 Å². The molecule has 180 valence electrons. The van der Waals surface area contributed by atoms with Gasteiger partial charge in [-0.3, -0.25) is 0 Å². The van der Waals surface area contributed by atoms with E-state index in [1.807, 2.05) is 12.2 Å². The van der Waals surface area contributed by atoms with E-state index in [1.165, 1.54) is 4.90 Å². The van der Waals surface area contributed by atoms with Gasteiger partial charge in [0.05, 0.1) is 54.6 Å². The maximum atomic E-state index is 13.2. The molecule has 4 atom stereocenters. The Labute approximate surface area is 189 Å². The second kappa shape index (κ2) is 8.44. The van der Waals surface area contributed by atoms with E-state index in [0.29, 0.717) is 22.4 Å². The van der Waals surface area contributed by atoms with Crippen LogP contribution in [0.5, 0.6) is 0 Å². The lowest BCUT2D eigenvalue weighted by atomic mass is 10.1. The number of nitrogens with zero attached hydrogens (tertiary/aromatic N) is 2. The first kappa shape index (κ1) is 22.4. The number of aromatic nitrogens is 2. The quantitative estimate of drug-likeness (QED) is 0.525. The Morgan fingerprint density at radius 3 is 2.61 bits per heavy atom. The van der Waals surface area contributed by atoms with Crippen molar-refractivity contribution in [3.05, 3.63) is 29.6 Å². The number of nitrogens with one attached hydrogen (secondary N) is 2. The zero-order valence-corrected chi connectivity index (χ0v) is 18.3. The molecule has 2 saturated carbocycles. The van der Waals surface area contributed by atoms with Gasteiger partial charge < -0.3 is 30.4 Å². The van der Waals surface area contributed by atoms with Crippen LogP contribution in [-0.4, -0.2) is 64.6 Å². The molecule has 2 heterocycles. The van der Waals surface area contributed by atoms with Gasteiger partial charge >= 0.3 is 12.2 Å². The molecule has 11 heteroatoms. The van der Waals surface area contributed by atoms with Gasteiger partial charge in [-0.15, -0.1) is 0 Å². The molecule has 0 bridgehead atoms. The predicted octanol–water partition coefficient (Wildman–Crippen LogP) is 3.31. The summed E-state index contributed by atoms with van der Waals surface area (Å²) in [6, 6.07) is 1.62. The van der Waals surface area contributed by atoms with Crippen LogP contribution in [0.2, 0.25) is 0 Å². The van der Waals surface area contributed by atoms with Crippen LogP contribution in [0.1, 0.15) is 56.1 Å². The van der Waals surface area contributed by atoms with Gasteiger partial charge in [0, 0.05) is 0 Å². The maximum Gasteiger partial charge on any atom is 0.410 e. The molecule has 3 fully saturated rings. The minimum absolute atomic E-state index is 0.102. The summed E-state index contributed by atoms with van der Waals surface area (Å²) in [6.45, 7) is 1.57. The number of fused-ring (bicyclic) bond motifs is 1. The van der Waals surface area contributed by atoms with Crippen LogP contribution >= 0.6 is 0 Å². The topological polar surface area (TPSA) is 106 Å². The van der Waals surface area contributed by atoms with Crippen molar-refractivity contribution in [3.63, 3.8) is 0 Å². The monoisotopic (exact) mass is 467 g/mol. The largest absolute Gasteiger partial charge is 0.410 e. The van der Waals surface area contributed by atoms with Crippen molar-refractivity contribution in [2.45, 2.75) is 75.2 Å². The maximum absolute atomic E-state index is 13.2. The SMILES string of the molecule is C[C@@H](OC1CC1)[C@H](N)c1nc2ccc([C@@H](COC3CC3)N3C[C@@H](C(F)(F)F)NC3=O)cc2[nH]1. The molecular formula is C22H28F3N5O3. The fraction of sp³-hybridized carbons (Fsp3) is 0.636. The highest BCUT2D eigenvalue weighted by Gasteiger charge is 2.48. The van der Waals surface area contributed by atoms with Crippen LogP contribution in [0, 0.1) is 0 Å². The summed E-state index contributed by atoms with van der Waals surface area (Å²) < 4.78 is 51.4. The number of urea groups is 1. The molecule has 1 aromatic carbocycles. The Hall–Kier alpha value is -2.37. The van der Waals surface area contributed by atoms with Crippen LogP contribution in [0.3, 0.4) is 0 Å². The summed E-state index contributed by atoms with van der Waals surface area (Å²) >= 11 is 0. The molecule has 1 aliphatic heterocycles. The highest BCUT2D eigenvalue weighted by atomic mass is 19.4. The Morgan fingerprint density at radius 1 is 1.24 bits per heavy atom. The Kier molecular flexibility index (Phi) is 5.74. The molecule has 0 radical (unpaired) electrons. The summed E-state index contributed by atoms with van der Waals surface area (Å²) in [6.07, 6.45) is -0.410. The molecule has 1 aromatic heterocycles. The average Bonchev–Trinajstić information content (AvgIpc) is 3.68. The molecule has 3 aliphatic rings. The molecule has 5 rings (SSSR count). The lowest BCUT2D eigenvalue weighted by Gasteiger charge is -2.27. The van der Waals surface area contributed by atoms with Crippen LogP contribution in [-0.2, 0) is 9.47 Å². The second-order valence-electron chi connectivity index (χ2n) is 9.21. The second-order valence-corrected chi connectivity index (χ2v) is 9.21. The van der Waals surface area contributed by atoms with Crippen LogP contribution in [0.4, 0.5) is 18.0 Å². The number of carbonyl (C=O) groups is 1. The molecule has 2 amide bonds. The van der Waals surface area contributed by atoms with Gasteiger partial charge in [0.15, 0.2) is 0 Å². The summed E-state index contributed by atoms with van der Waals surface area (Å²) in [5, 5.41) is 2.04. The molecule has 0 spiro atoms. The molecule has 8 nitrogen and oxygen atoms in total. The minimum Gasteiger partial charge on any atom is -0.376 e. The number of rotatable bonds is 9. The number of amides is 2. The first-order valence-corrected chi connectivity index (χ1v) is 11.3. The number of benzene rings is 1. The van der Waals surface area contributed by atoms with E-state index in [0.717, 1.165) is 25.7 Å². The van der Waals surface area contributed by atoms with Crippen LogP contribution in [0.25, 0.3) is 11.0 Å². The van der Waals surface area contributed by atoms with Crippen molar-refractivity contribution in [1.29, 1.82) is 0 Å². The van der Waals surface area contributed by atoms with Crippen molar-refractivity contribution in [2.24, 2.45) is 5.73 Å². The number of H-pyrrole nitrogens is 1. The van der Waals surface area contributed by atoms with Gasteiger partial charge in [-0.25, -0.2) is 9.78 Å². The van der Waals surface area contributed by atoms with E-state index in [1.54, 1.807) is 18.2 Å². The number of hydrogen-bond acceptors (Lipinski definition) is 5. The van der Waals surface area contributed by atoms with E-state index in [4.69, 9.17) is 15.2 Å². The summed E-state index contributed by atoms with van der Waals surface area (Å²) in [7, 11) is 0. The number of carbonyl (C=O) groups excluding carboxylic acids is 1. The van der Waals surface area contributed by atoms with Crippen molar-refractivity contribution >= 4 is 17.1 Å². The zero-order valence-electron chi connectivity index (χ0n) is 18.3. The molecule has 2 aliphatic carbocycles. The third kappa shape index (κ3) is 4.95. The predicted molar refractivity (Wildman–Crippen MR) is 113 cm³/mol. The lowest BCUT2D eigenvalue weighted by Crippen LogP contribution is -2.40.